The molecule has 1 aliphatic heterocycles. The summed E-state index contributed by atoms with van der Waals surface area (Å²) in [6.45, 7) is 4.59. The van der Waals surface area contributed by atoms with Crippen molar-refractivity contribution < 1.29 is 27.5 Å². The van der Waals surface area contributed by atoms with Crippen molar-refractivity contribution in [1.29, 1.82) is 0 Å². The fraction of sp³-hybridized carbons (Fsp3) is 0.480. The molecule has 0 amide bonds. The van der Waals surface area contributed by atoms with Gasteiger partial charge >= 0.3 is 6.18 Å². The van der Waals surface area contributed by atoms with Gasteiger partial charge in [0.2, 0.25) is 0 Å². The summed E-state index contributed by atoms with van der Waals surface area (Å²) >= 11 is 0. The van der Waals surface area contributed by atoms with Gasteiger partial charge in [0.15, 0.2) is 5.82 Å². The molecule has 4 rings (SSSR count). The number of aliphatic hydroxyl groups is 1. The maximum Gasteiger partial charge on any atom is 0.401 e. The molecular weight excluding hydrogens is 489 g/mol. The van der Waals surface area contributed by atoms with Crippen molar-refractivity contribution in [3.63, 3.8) is 0 Å². The zero-order chi connectivity index (χ0) is 26.6. The summed E-state index contributed by atoms with van der Waals surface area (Å²) in [5.74, 6) is 2.22. The number of aromatic nitrogens is 3. The molecule has 1 saturated heterocycles. The smallest absolute Gasteiger partial charge is 0.401 e. The lowest BCUT2D eigenvalue weighted by Gasteiger charge is -2.35. The minimum absolute atomic E-state index is 0.123. The number of ether oxygens (including phenoxy) is 1. The van der Waals surface area contributed by atoms with Crippen LogP contribution in [0.2, 0.25) is 0 Å². The summed E-state index contributed by atoms with van der Waals surface area (Å²) in [4.78, 5) is 12.9. The molecule has 1 aliphatic rings. The molecule has 37 heavy (non-hydrogen) atoms. The van der Waals surface area contributed by atoms with E-state index in [-0.39, 0.29) is 19.7 Å². The van der Waals surface area contributed by atoms with Crippen LogP contribution in [0.1, 0.15) is 11.5 Å². The number of likely N-dealkylation sites (N-methyl/N-ethyl adjacent to an activating group) is 1. The number of alkyl halides is 3. The molecule has 2 aromatic heterocycles. The number of aryl methyl sites for hydroxylation is 2. The molecule has 3 heterocycles. The van der Waals surface area contributed by atoms with E-state index in [9.17, 15) is 18.3 Å². The topological polar surface area (TPSA) is 99.8 Å². The molecule has 1 unspecified atom stereocenters. The molecule has 0 saturated carbocycles. The molecule has 0 aliphatic carbocycles. The Bertz CT molecular complexity index is 1180. The zero-order valence-electron chi connectivity index (χ0n) is 21.0. The predicted molar refractivity (Wildman–Crippen MR) is 133 cm³/mol. The van der Waals surface area contributed by atoms with Crippen LogP contribution in [0.4, 0.5) is 19.0 Å². The van der Waals surface area contributed by atoms with Gasteiger partial charge in [-0.25, -0.2) is 9.97 Å². The molecule has 3 aromatic rings. The Morgan fingerprint density at radius 2 is 1.89 bits per heavy atom. The second-order valence-corrected chi connectivity index (χ2v) is 9.06. The standard InChI is InChI=1S/C25H31F3N6O3/c1-16-23(17(2)37-32-16)21-12-22(34-9-7-33(8-10-34)15-25(26,27)28)31-24(30-21)18-5-4-6-20(11-18)36-14-19(35)13-29-3/h4-6,11-12,19,29,35H,7-10,13-15H2,1-3H3. The lowest BCUT2D eigenvalue weighted by molar-refractivity contribution is -0.146. The van der Waals surface area contributed by atoms with E-state index in [2.05, 4.69) is 10.5 Å². The number of halogens is 3. The van der Waals surface area contributed by atoms with Crippen molar-refractivity contribution >= 4 is 5.82 Å². The maximum atomic E-state index is 12.8. The van der Waals surface area contributed by atoms with Gasteiger partial charge in [-0.1, -0.05) is 17.3 Å². The third-order valence-electron chi connectivity index (χ3n) is 6.08. The van der Waals surface area contributed by atoms with E-state index in [0.717, 1.165) is 5.56 Å². The molecule has 2 N–H and O–H groups in total. The van der Waals surface area contributed by atoms with Crippen LogP contribution in [0.15, 0.2) is 34.9 Å². The first-order chi connectivity index (χ1) is 17.6. The van der Waals surface area contributed by atoms with Gasteiger partial charge in [0, 0.05) is 44.4 Å². The van der Waals surface area contributed by atoms with Crippen LogP contribution in [0.5, 0.6) is 5.75 Å². The van der Waals surface area contributed by atoms with E-state index < -0.39 is 18.8 Å². The zero-order valence-corrected chi connectivity index (χ0v) is 21.0. The summed E-state index contributed by atoms with van der Waals surface area (Å²) < 4.78 is 49.6. The average molecular weight is 521 g/mol. The molecule has 1 aromatic carbocycles. The van der Waals surface area contributed by atoms with Gasteiger partial charge in [0.25, 0.3) is 0 Å². The minimum Gasteiger partial charge on any atom is -0.491 e. The Balaban J connectivity index is 1.64. The van der Waals surface area contributed by atoms with E-state index in [4.69, 9.17) is 19.2 Å². The third kappa shape index (κ3) is 6.96. The van der Waals surface area contributed by atoms with Crippen LogP contribution in [0.25, 0.3) is 22.6 Å². The highest BCUT2D eigenvalue weighted by Crippen LogP contribution is 2.31. The van der Waals surface area contributed by atoms with Gasteiger partial charge in [0.05, 0.1) is 23.5 Å². The van der Waals surface area contributed by atoms with Crippen molar-refractivity contribution in [2.75, 3.05) is 57.8 Å². The number of aliphatic hydroxyl groups excluding tert-OH is 1. The number of nitrogens with one attached hydrogen (secondary N) is 1. The second kappa shape index (κ2) is 11.4. The van der Waals surface area contributed by atoms with E-state index in [0.29, 0.717) is 59.7 Å². The SMILES string of the molecule is CNCC(O)COc1cccc(-c2nc(-c3c(C)noc3C)cc(N3CCN(CC(F)(F)F)CC3)n2)c1. The van der Waals surface area contributed by atoms with Crippen molar-refractivity contribution in [2.24, 2.45) is 0 Å². The first-order valence-corrected chi connectivity index (χ1v) is 12.0. The minimum atomic E-state index is -4.23. The number of hydrogen-bond donors (Lipinski definition) is 2. The van der Waals surface area contributed by atoms with Gasteiger partial charge in [-0.3, -0.25) is 4.90 Å². The second-order valence-electron chi connectivity index (χ2n) is 9.06. The van der Waals surface area contributed by atoms with Crippen LogP contribution < -0.4 is 15.0 Å². The molecule has 9 nitrogen and oxygen atoms in total. The van der Waals surface area contributed by atoms with Crippen LogP contribution in [-0.2, 0) is 0 Å². The van der Waals surface area contributed by atoms with Gasteiger partial charge in [-0.2, -0.15) is 13.2 Å². The van der Waals surface area contributed by atoms with Crippen molar-refractivity contribution in [3.8, 4) is 28.4 Å². The first kappa shape index (κ1) is 26.8. The van der Waals surface area contributed by atoms with Gasteiger partial charge in [-0.05, 0) is 33.0 Å². The Morgan fingerprint density at radius 1 is 1.14 bits per heavy atom. The number of nitrogens with zero attached hydrogens (tertiary/aromatic N) is 5. The average Bonchev–Trinajstić information content (AvgIpc) is 3.20. The van der Waals surface area contributed by atoms with E-state index in [1.807, 2.05) is 30.0 Å². The Kier molecular flexibility index (Phi) is 8.30. The lowest BCUT2D eigenvalue weighted by atomic mass is 10.1. The number of rotatable bonds is 9. The molecule has 200 valence electrons. The highest BCUT2D eigenvalue weighted by molar-refractivity contribution is 5.71. The summed E-state index contributed by atoms with van der Waals surface area (Å²) in [5.41, 5.74) is 2.75. The van der Waals surface area contributed by atoms with Crippen LogP contribution in [0, 0.1) is 13.8 Å². The number of hydrogen-bond acceptors (Lipinski definition) is 9. The molecule has 1 fully saturated rings. The fourth-order valence-corrected chi connectivity index (χ4v) is 4.30. The molecule has 12 heteroatoms. The molecular formula is C25H31F3N6O3. The van der Waals surface area contributed by atoms with Gasteiger partial charge in [0.1, 0.15) is 30.0 Å². The predicted octanol–water partition coefficient (Wildman–Crippen LogP) is 3.06. The van der Waals surface area contributed by atoms with E-state index in [1.54, 1.807) is 26.1 Å². The largest absolute Gasteiger partial charge is 0.491 e. The Hall–Kier alpha value is -3.22. The highest BCUT2D eigenvalue weighted by atomic mass is 19.4. The van der Waals surface area contributed by atoms with Crippen molar-refractivity contribution in [1.82, 2.24) is 25.3 Å². The fourth-order valence-electron chi connectivity index (χ4n) is 4.30. The summed E-state index contributed by atoms with van der Waals surface area (Å²) in [5, 5.41) is 16.9. The number of piperazine rings is 1. The van der Waals surface area contributed by atoms with Crippen molar-refractivity contribution in [2.45, 2.75) is 26.1 Å². The Morgan fingerprint density at radius 3 is 2.54 bits per heavy atom. The van der Waals surface area contributed by atoms with Crippen LogP contribution >= 0.6 is 0 Å². The van der Waals surface area contributed by atoms with E-state index in [1.165, 1.54) is 4.90 Å². The molecule has 0 bridgehead atoms. The van der Waals surface area contributed by atoms with Gasteiger partial charge in [-0.15, -0.1) is 0 Å². The first-order valence-electron chi connectivity index (χ1n) is 12.0. The maximum absolute atomic E-state index is 12.8. The third-order valence-corrected chi connectivity index (χ3v) is 6.08. The highest BCUT2D eigenvalue weighted by Gasteiger charge is 2.32. The number of benzene rings is 1. The van der Waals surface area contributed by atoms with E-state index >= 15 is 0 Å². The van der Waals surface area contributed by atoms with Gasteiger partial charge < -0.3 is 24.6 Å². The molecule has 0 spiro atoms. The lowest BCUT2D eigenvalue weighted by Crippen LogP contribution is -2.49. The molecule has 1 atom stereocenters. The van der Waals surface area contributed by atoms with Crippen molar-refractivity contribution in [3.05, 3.63) is 41.8 Å². The Labute approximate surface area is 213 Å². The summed E-state index contributed by atoms with van der Waals surface area (Å²) in [6.07, 6.45) is -4.88. The quantitative estimate of drug-likeness (QED) is 0.441. The summed E-state index contributed by atoms with van der Waals surface area (Å²) in [6, 6.07) is 9.08. The monoisotopic (exact) mass is 520 g/mol. The number of anilines is 1. The van der Waals surface area contributed by atoms with Crippen LogP contribution in [-0.4, -0.2) is 90.3 Å². The summed E-state index contributed by atoms with van der Waals surface area (Å²) in [7, 11) is 1.75. The normalized spacial score (nSPS) is 15.7. The molecule has 0 radical (unpaired) electrons. The van der Waals surface area contributed by atoms with Crippen LogP contribution in [0.3, 0.4) is 0 Å².